The lowest BCUT2D eigenvalue weighted by Crippen LogP contribution is -2.23. The van der Waals surface area contributed by atoms with Crippen molar-refractivity contribution in [1.82, 2.24) is 4.90 Å². The molecular formula is C19H16N2O4S. The van der Waals surface area contributed by atoms with Gasteiger partial charge in [-0.05, 0) is 42.5 Å². The monoisotopic (exact) mass is 368 g/mol. The average Bonchev–Trinajstić information content (AvgIpc) is 2.85. The third kappa shape index (κ3) is 3.62. The number of phenols is 1. The molecule has 1 saturated heterocycles. The molecule has 132 valence electrons. The number of likely N-dealkylation sites (N-methyl/N-ethyl adjacent to an activating group) is 1. The summed E-state index contributed by atoms with van der Waals surface area (Å²) >= 11 is 1.23. The van der Waals surface area contributed by atoms with E-state index < -0.39 is 5.97 Å². The molecule has 1 aliphatic heterocycles. The Morgan fingerprint density at radius 3 is 2.50 bits per heavy atom. The van der Waals surface area contributed by atoms with Crippen LogP contribution in [0.3, 0.4) is 0 Å². The van der Waals surface area contributed by atoms with Crippen molar-refractivity contribution in [1.29, 1.82) is 0 Å². The van der Waals surface area contributed by atoms with E-state index >= 15 is 0 Å². The zero-order chi connectivity index (χ0) is 18.8. The van der Waals surface area contributed by atoms with Gasteiger partial charge in [0.2, 0.25) is 0 Å². The molecule has 0 bridgehead atoms. The summed E-state index contributed by atoms with van der Waals surface area (Å²) in [6.07, 6.45) is 1.80. The highest BCUT2D eigenvalue weighted by atomic mass is 32.2. The van der Waals surface area contributed by atoms with E-state index in [2.05, 4.69) is 4.99 Å². The number of carbonyl (C=O) groups is 2. The number of hydrogen-bond acceptors (Lipinski definition) is 5. The molecule has 1 aliphatic rings. The van der Waals surface area contributed by atoms with E-state index in [1.54, 1.807) is 13.1 Å². The summed E-state index contributed by atoms with van der Waals surface area (Å²) in [7, 11) is 1.62. The quantitative estimate of drug-likeness (QED) is 0.808. The second-order valence-electron chi connectivity index (χ2n) is 5.79. The fourth-order valence-corrected chi connectivity index (χ4v) is 3.33. The number of aliphatic imine (C=N–C) groups is 1. The smallest absolute Gasteiger partial charge is 0.339 e. The van der Waals surface area contributed by atoms with Gasteiger partial charge in [-0.15, -0.1) is 0 Å². The van der Waals surface area contributed by atoms with Gasteiger partial charge in [0.05, 0.1) is 10.6 Å². The maximum atomic E-state index is 12.4. The van der Waals surface area contributed by atoms with Crippen LogP contribution in [0.5, 0.6) is 5.75 Å². The molecule has 3 rings (SSSR count). The molecule has 6 nitrogen and oxygen atoms in total. The number of amides is 1. The van der Waals surface area contributed by atoms with E-state index in [-0.39, 0.29) is 17.2 Å². The third-order valence-electron chi connectivity index (χ3n) is 3.82. The van der Waals surface area contributed by atoms with Gasteiger partial charge < -0.3 is 10.2 Å². The first-order chi connectivity index (χ1) is 12.3. The van der Waals surface area contributed by atoms with Gasteiger partial charge in [-0.25, -0.2) is 9.79 Å². The van der Waals surface area contributed by atoms with Crippen molar-refractivity contribution in [2.24, 2.45) is 4.99 Å². The van der Waals surface area contributed by atoms with E-state index in [0.717, 1.165) is 11.1 Å². The van der Waals surface area contributed by atoms with E-state index in [1.807, 2.05) is 31.2 Å². The number of carboxylic acids is 1. The number of aryl methyl sites for hydroxylation is 1. The van der Waals surface area contributed by atoms with Gasteiger partial charge in [0.15, 0.2) is 5.17 Å². The number of amidine groups is 1. The summed E-state index contributed by atoms with van der Waals surface area (Å²) in [6, 6.07) is 11.8. The summed E-state index contributed by atoms with van der Waals surface area (Å²) in [5.74, 6) is -1.75. The summed E-state index contributed by atoms with van der Waals surface area (Å²) in [5.41, 5.74) is 2.23. The van der Waals surface area contributed by atoms with Gasteiger partial charge in [0.1, 0.15) is 11.3 Å². The number of carbonyl (C=O) groups excluding carboxylic acids is 1. The largest absolute Gasteiger partial charge is 0.507 e. The van der Waals surface area contributed by atoms with Crippen LogP contribution in [0.2, 0.25) is 0 Å². The first-order valence-corrected chi connectivity index (χ1v) is 8.56. The zero-order valence-corrected chi connectivity index (χ0v) is 14.9. The minimum Gasteiger partial charge on any atom is -0.507 e. The van der Waals surface area contributed by atoms with Crippen LogP contribution in [0.4, 0.5) is 5.69 Å². The fraction of sp³-hybridized carbons (Fsp3) is 0.105. The maximum Gasteiger partial charge on any atom is 0.339 e. The van der Waals surface area contributed by atoms with E-state index in [9.17, 15) is 14.7 Å². The Hall–Kier alpha value is -3.06. The standard InChI is InChI=1S/C19H16N2O4S/c1-11-3-5-12(6-4-11)9-16-17(23)21(2)19(26-16)20-13-7-8-14(18(24)25)15(22)10-13/h3-10,22H,1-2H3,(H,24,25)/b16-9-,20-19?. The summed E-state index contributed by atoms with van der Waals surface area (Å²) < 4.78 is 0. The SMILES string of the molecule is Cc1ccc(/C=C2\SC(=Nc3ccc(C(=O)O)c(O)c3)N(C)C2=O)cc1. The predicted molar refractivity (Wildman–Crippen MR) is 102 cm³/mol. The van der Waals surface area contributed by atoms with Gasteiger partial charge in [-0.3, -0.25) is 9.69 Å². The molecule has 0 aliphatic carbocycles. The minimum atomic E-state index is -1.22. The number of hydrogen-bond donors (Lipinski definition) is 2. The van der Waals surface area contributed by atoms with Crippen LogP contribution < -0.4 is 0 Å². The number of aromatic hydroxyl groups is 1. The Morgan fingerprint density at radius 1 is 1.19 bits per heavy atom. The molecule has 2 aromatic rings. The van der Waals surface area contributed by atoms with Gasteiger partial charge >= 0.3 is 5.97 Å². The van der Waals surface area contributed by atoms with Crippen molar-refractivity contribution in [3.05, 3.63) is 64.1 Å². The number of benzene rings is 2. The summed E-state index contributed by atoms with van der Waals surface area (Å²) in [5, 5.41) is 19.2. The normalized spacial score (nSPS) is 17.3. The second kappa shape index (κ2) is 7.05. The molecule has 2 N–H and O–H groups in total. The lowest BCUT2D eigenvalue weighted by Gasteiger charge is -2.07. The zero-order valence-electron chi connectivity index (χ0n) is 14.1. The minimum absolute atomic E-state index is 0.166. The first kappa shape index (κ1) is 17.8. The molecule has 1 fully saturated rings. The summed E-state index contributed by atoms with van der Waals surface area (Å²) in [4.78, 5) is 29.7. The molecule has 7 heteroatoms. The van der Waals surface area contributed by atoms with Crippen molar-refractivity contribution >= 4 is 40.6 Å². The van der Waals surface area contributed by atoms with Crippen molar-refractivity contribution in [2.75, 3.05) is 7.05 Å². The lowest BCUT2D eigenvalue weighted by molar-refractivity contribution is -0.121. The molecule has 2 aromatic carbocycles. The van der Waals surface area contributed by atoms with Crippen LogP contribution in [-0.2, 0) is 4.79 Å². The molecule has 0 unspecified atom stereocenters. The van der Waals surface area contributed by atoms with Gasteiger partial charge in [0.25, 0.3) is 5.91 Å². The Bertz CT molecular complexity index is 949. The Balaban J connectivity index is 1.88. The molecule has 0 saturated carbocycles. The molecule has 26 heavy (non-hydrogen) atoms. The van der Waals surface area contributed by atoms with Crippen LogP contribution in [0.25, 0.3) is 6.08 Å². The van der Waals surface area contributed by atoms with E-state index in [0.29, 0.717) is 15.8 Å². The highest BCUT2D eigenvalue weighted by Gasteiger charge is 2.30. The number of nitrogens with zero attached hydrogens (tertiary/aromatic N) is 2. The number of thioether (sulfide) groups is 1. The second-order valence-corrected chi connectivity index (χ2v) is 6.80. The third-order valence-corrected chi connectivity index (χ3v) is 4.88. The van der Waals surface area contributed by atoms with E-state index in [4.69, 9.17) is 5.11 Å². The molecular weight excluding hydrogens is 352 g/mol. The fourth-order valence-electron chi connectivity index (χ4n) is 2.35. The Kier molecular flexibility index (Phi) is 4.81. The van der Waals surface area contributed by atoms with Crippen molar-refractivity contribution < 1.29 is 19.8 Å². The summed E-state index contributed by atoms with van der Waals surface area (Å²) in [6.45, 7) is 2.00. The van der Waals surface area contributed by atoms with Gasteiger partial charge in [-0.1, -0.05) is 29.8 Å². The van der Waals surface area contributed by atoms with Crippen molar-refractivity contribution in [3.63, 3.8) is 0 Å². The molecule has 1 amide bonds. The Labute approximate surface area is 154 Å². The maximum absolute atomic E-state index is 12.4. The van der Waals surface area contributed by atoms with Crippen LogP contribution in [-0.4, -0.2) is 39.2 Å². The van der Waals surface area contributed by atoms with Crippen molar-refractivity contribution in [2.45, 2.75) is 6.92 Å². The number of carboxylic acid groups (broad SMARTS) is 1. The first-order valence-electron chi connectivity index (χ1n) is 7.74. The lowest BCUT2D eigenvalue weighted by atomic mass is 10.1. The highest BCUT2D eigenvalue weighted by molar-refractivity contribution is 8.18. The molecule has 1 heterocycles. The van der Waals surface area contributed by atoms with Gasteiger partial charge in [-0.2, -0.15) is 0 Å². The molecule has 0 atom stereocenters. The van der Waals surface area contributed by atoms with Gasteiger partial charge in [0, 0.05) is 13.1 Å². The molecule has 0 spiro atoms. The van der Waals surface area contributed by atoms with Crippen LogP contribution in [0.1, 0.15) is 21.5 Å². The molecule has 0 radical (unpaired) electrons. The van der Waals surface area contributed by atoms with E-state index in [1.165, 1.54) is 34.9 Å². The Morgan fingerprint density at radius 2 is 1.88 bits per heavy atom. The van der Waals surface area contributed by atoms with Crippen molar-refractivity contribution in [3.8, 4) is 5.75 Å². The van der Waals surface area contributed by atoms with Crippen LogP contribution >= 0.6 is 11.8 Å². The topological polar surface area (TPSA) is 90.2 Å². The molecule has 0 aromatic heterocycles. The van der Waals surface area contributed by atoms with Crippen LogP contribution in [0, 0.1) is 6.92 Å². The predicted octanol–water partition coefficient (Wildman–Crippen LogP) is 3.63. The number of rotatable bonds is 3. The average molecular weight is 368 g/mol. The van der Waals surface area contributed by atoms with Crippen LogP contribution in [0.15, 0.2) is 52.4 Å². The highest BCUT2D eigenvalue weighted by Crippen LogP contribution is 2.34. The number of aromatic carboxylic acids is 1.